The summed E-state index contributed by atoms with van der Waals surface area (Å²) >= 11 is 0. The molecule has 0 radical (unpaired) electrons. The minimum atomic E-state index is -0.895. The maximum Gasteiger partial charge on any atom is 0.337 e. The first-order valence-corrected chi connectivity index (χ1v) is 4.40. The quantitative estimate of drug-likeness (QED) is 0.784. The van der Waals surface area contributed by atoms with Gasteiger partial charge in [-0.25, -0.2) is 4.79 Å². The van der Waals surface area contributed by atoms with Gasteiger partial charge in [-0.3, -0.25) is 4.98 Å². The van der Waals surface area contributed by atoms with Gasteiger partial charge in [-0.15, -0.1) is 0 Å². The number of nitrogens with zero attached hydrogens (tertiary/aromatic N) is 2. The highest BCUT2D eigenvalue weighted by atomic mass is 16.4. The van der Waals surface area contributed by atoms with Crippen molar-refractivity contribution in [3.63, 3.8) is 0 Å². The van der Waals surface area contributed by atoms with E-state index in [1.165, 1.54) is 0 Å². The first-order valence-electron chi connectivity index (χ1n) is 4.40. The van der Waals surface area contributed by atoms with Crippen molar-refractivity contribution < 1.29 is 9.90 Å². The Morgan fingerprint density at radius 3 is 3.07 bits per heavy atom. The van der Waals surface area contributed by atoms with Gasteiger partial charge < -0.3 is 9.67 Å². The van der Waals surface area contributed by atoms with Crippen LogP contribution in [0.1, 0.15) is 17.3 Å². The van der Waals surface area contributed by atoms with E-state index in [1.54, 1.807) is 24.7 Å². The normalized spacial score (nSPS) is 10.6. The number of aromatic carboxylic acids is 1. The van der Waals surface area contributed by atoms with Crippen LogP contribution in [0.2, 0.25) is 0 Å². The summed E-state index contributed by atoms with van der Waals surface area (Å²) in [4.78, 5) is 14.9. The Hall–Kier alpha value is -1.84. The van der Waals surface area contributed by atoms with Crippen molar-refractivity contribution in [3.8, 4) is 0 Å². The summed E-state index contributed by atoms with van der Waals surface area (Å²) in [6.07, 6.45) is 4.94. The Morgan fingerprint density at radius 2 is 2.43 bits per heavy atom. The van der Waals surface area contributed by atoms with Crippen LogP contribution >= 0.6 is 0 Å². The molecule has 14 heavy (non-hydrogen) atoms. The lowest BCUT2D eigenvalue weighted by Crippen LogP contribution is -1.94. The number of carboxylic acids is 1. The van der Waals surface area contributed by atoms with Gasteiger partial charge in [-0.2, -0.15) is 0 Å². The van der Waals surface area contributed by atoms with Crippen LogP contribution in [-0.2, 0) is 6.54 Å². The lowest BCUT2D eigenvalue weighted by molar-refractivity contribution is 0.0699. The van der Waals surface area contributed by atoms with E-state index in [4.69, 9.17) is 5.11 Å². The number of aryl methyl sites for hydroxylation is 1. The summed E-state index contributed by atoms with van der Waals surface area (Å²) < 4.78 is 1.88. The standard InChI is InChI=1S/C10H10N2O2/c1-2-12-6-8(10(13)14)7-3-4-11-5-9(7)12/h3-6H,2H2,1H3,(H,13,14). The van der Waals surface area contributed by atoms with Crippen molar-refractivity contribution in [1.29, 1.82) is 0 Å². The molecule has 2 rings (SSSR count). The van der Waals surface area contributed by atoms with E-state index in [9.17, 15) is 4.79 Å². The molecule has 0 amide bonds. The Balaban J connectivity index is 2.80. The first-order chi connectivity index (χ1) is 6.74. The third-order valence-corrected chi connectivity index (χ3v) is 2.26. The summed E-state index contributed by atoms with van der Waals surface area (Å²) in [6.45, 7) is 2.72. The predicted octanol–water partition coefficient (Wildman–Crippen LogP) is 1.75. The van der Waals surface area contributed by atoms with Crippen LogP contribution in [0.25, 0.3) is 10.9 Å². The number of carboxylic acid groups (broad SMARTS) is 1. The maximum atomic E-state index is 10.9. The van der Waals surface area contributed by atoms with E-state index in [-0.39, 0.29) is 0 Å². The highest BCUT2D eigenvalue weighted by molar-refractivity contribution is 6.03. The average molecular weight is 190 g/mol. The van der Waals surface area contributed by atoms with Crippen LogP contribution in [-0.4, -0.2) is 20.6 Å². The highest BCUT2D eigenvalue weighted by Gasteiger charge is 2.12. The van der Waals surface area contributed by atoms with E-state index in [1.807, 2.05) is 11.5 Å². The molecule has 0 saturated carbocycles. The molecule has 2 aromatic rings. The molecule has 0 aliphatic rings. The molecule has 2 aromatic heterocycles. The minimum absolute atomic E-state index is 0.337. The fourth-order valence-corrected chi connectivity index (χ4v) is 1.57. The highest BCUT2D eigenvalue weighted by Crippen LogP contribution is 2.19. The fourth-order valence-electron chi connectivity index (χ4n) is 1.57. The lowest BCUT2D eigenvalue weighted by atomic mass is 10.2. The van der Waals surface area contributed by atoms with Gasteiger partial charge in [0.05, 0.1) is 17.3 Å². The summed E-state index contributed by atoms with van der Waals surface area (Å²) in [5.74, 6) is -0.895. The molecule has 1 N–H and O–H groups in total. The van der Waals surface area contributed by atoms with Crippen LogP contribution in [0.4, 0.5) is 0 Å². The summed E-state index contributed by atoms with van der Waals surface area (Å²) in [6, 6.07) is 1.73. The SMILES string of the molecule is CCn1cc(C(=O)O)c2ccncc21. The third-order valence-electron chi connectivity index (χ3n) is 2.26. The van der Waals surface area contributed by atoms with Crippen molar-refractivity contribution in [2.45, 2.75) is 13.5 Å². The zero-order valence-corrected chi connectivity index (χ0v) is 7.77. The zero-order chi connectivity index (χ0) is 10.1. The second kappa shape index (κ2) is 3.14. The van der Waals surface area contributed by atoms with Crippen molar-refractivity contribution in [2.24, 2.45) is 0 Å². The van der Waals surface area contributed by atoms with Gasteiger partial charge in [-0.05, 0) is 13.0 Å². The van der Waals surface area contributed by atoms with Crippen LogP contribution in [0, 0.1) is 0 Å². The van der Waals surface area contributed by atoms with Gasteiger partial charge in [0.2, 0.25) is 0 Å². The van der Waals surface area contributed by atoms with E-state index < -0.39 is 5.97 Å². The molecule has 0 aromatic carbocycles. The largest absolute Gasteiger partial charge is 0.478 e. The summed E-state index contributed by atoms with van der Waals surface area (Å²) in [5.41, 5.74) is 1.21. The summed E-state index contributed by atoms with van der Waals surface area (Å²) in [5, 5.41) is 9.70. The van der Waals surface area contributed by atoms with Gasteiger partial charge in [0.25, 0.3) is 0 Å². The van der Waals surface area contributed by atoms with Crippen LogP contribution in [0.3, 0.4) is 0 Å². The molecule has 0 aliphatic carbocycles. The van der Waals surface area contributed by atoms with E-state index in [0.29, 0.717) is 5.56 Å². The Morgan fingerprint density at radius 1 is 1.64 bits per heavy atom. The van der Waals surface area contributed by atoms with E-state index in [0.717, 1.165) is 17.4 Å². The maximum absolute atomic E-state index is 10.9. The molecule has 0 fully saturated rings. The first kappa shape index (κ1) is 8.74. The molecule has 0 atom stereocenters. The van der Waals surface area contributed by atoms with Gasteiger partial charge in [-0.1, -0.05) is 0 Å². The van der Waals surface area contributed by atoms with Crippen molar-refractivity contribution in [2.75, 3.05) is 0 Å². The molecule has 0 unspecified atom stereocenters. The van der Waals surface area contributed by atoms with E-state index >= 15 is 0 Å². The molecule has 0 spiro atoms. The fraction of sp³-hybridized carbons (Fsp3) is 0.200. The van der Waals surface area contributed by atoms with Crippen LogP contribution < -0.4 is 0 Å². The third kappa shape index (κ3) is 1.16. The number of fused-ring (bicyclic) bond motifs is 1. The molecule has 0 saturated heterocycles. The molecule has 2 heterocycles. The monoisotopic (exact) mass is 190 g/mol. The number of aromatic nitrogens is 2. The number of rotatable bonds is 2. The molecule has 0 bridgehead atoms. The van der Waals surface area contributed by atoms with Gasteiger partial charge in [0, 0.05) is 24.3 Å². The molecular formula is C10H10N2O2. The van der Waals surface area contributed by atoms with Crippen molar-refractivity contribution in [3.05, 3.63) is 30.2 Å². The van der Waals surface area contributed by atoms with Crippen LogP contribution in [0.15, 0.2) is 24.7 Å². The van der Waals surface area contributed by atoms with Gasteiger partial charge in [0.15, 0.2) is 0 Å². The Bertz CT molecular complexity index is 488. The predicted molar refractivity (Wildman–Crippen MR) is 52.4 cm³/mol. The molecule has 4 heteroatoms. The topological polar surface area (TPSA) is 55.1 Å². The molecule has 72 valence electrons. The van der Waals surface area contributed by atoms with Gasteiger partial charge in [0.1, 0.15) is 0 Å². The number of pyridine rings is 1. The second-order valence-corrected chi connectivity index (χ2v) is 3.03. The number of carbonyl (C=O) groups is 1. The number of hydrogen-bond acceptors (Lipinski definition) is 2. The zero-order valence-electron chi connectivity index (χ0n) is 7.77. The second-order valence-electron chi connectivity index (χ2n) is 3.03. The van der Waals surface area contributed by atoms with Crippen LogP contribution in [0.5, 0.6) is 0 Å². The molecule has 0 aliphatic heterocycles. The molecular weight excluding hydrogens is 180 g/mol. The smallest absolute Gasteiger partial charge is 0.337 e. The molecule has 4 nitrogen and oxygen atoms in total. The Labute approximate surface area is 80.8 Å². The minimum Gasteiger partial charge on any atom is -0.478 e. The van der Waals surface area contributed by atoms with E-state index in [2.05, 4.69) is 4.98 Å². The summed E-state index contributed by atoms with van der Waals surface area (Å²) in [7, 11) is 0. The average Bonchev–Trinajstić information content (AvgIpc) is 2.56. The lowest BCUT2D eigenvalue weighted by Gasteiger charge is -1.97. The van der Waals surface area contributed by atoms with Crippen molar-refractivity contribution in [1.82, 2.24) is 9.55 Å². The number of hydrogen-bond donors (Lipinski definition) is 1. The van der Waals surface area contributed by atoms with Crippen molar-refractivity contribution >= 4 is 16.9 Å². The Kier molecular flexibility index (Phi) is 1.96. The van der Waals surface area contributed by atoms with Gasteiger partial charge >= 0.3 is 5.97 Å².